The van der Waals surface area contributed by atoms with Gasteiger partial charge in [0.05, 0.1) is 30.7 Å². The Labute approximate surface area is 167 Å². The highest BCUT2D eigenvalue weighted by molar-refractivity contribution is 6.23. The highest BCUT2D eigenvalue weighted by Gasteiger charge is 2.39. The molecular formula is C21H20N2O6. The van der Waals surface area contributed by atoms with Crippen molar-refractivity contribution in [2.75, 3.05) is 16.8 Å². The van der Waals surface area contributed by atoms with Crippen molar-refractivity contribution in [3.05, 3.63) is 59.7 Å². The highest BCUT2D eigenvalue weighted by atomic mass is 16.5. The predicted octanol–water partition coefficient (Wildman–Crippen LogP) is 2.23. The van der Waals surface area contributed by atoms with Crippen LogP contribution in [0.25, 0.3) is 0 Å². The Kier molecular flexibility index (Phi) is 5.92. The van der Waals surface area contributed by atoms with Crippen LogP contribution in [0.2, 0.25) is 0 Å². The summed E-state index contributed by atoms with van der Waals surface area (Å²) in [6.45, 7) is 2.01. The monoisotopic (exact) mass is 396 g/mol. The minimum Gasteiger partial charge on any atom is -0.481 e. The normalized spacial score (nSPS) is 16.0. The number of aliphatic carboxylic acids is 1. The van der Waals surface area contributed by atoms with E-state index >= 15 is 0 Å². The molecule has 2 N–H and O–H groups in total. The second-order valence-corrected chi connectivity index (χ2v) is 6.50. The molecule has 1 atom stereocenters. The number of carbonyl (C=O) groups is 4. The maximum atomic E-state index is 12.7. The smallest absolute Gasteiger partial charge is 0.338 e. The van der Waals surface area contributed by atoms with Gasteiger partial charge in [0.15, 0.2) is 0 Å². The largest absolute Gasteiger partial charge is 0.481 e. The van der Waals surface area contributed by atoms with Crippen molar-refractivity contribution in [1.29, 1.82) is 0 Å². The third-order valence-corrected chi connectivity index (χ3v) is 4.43. The Morgan fingerprint density at radius 2 is 1.76 bits per heavy atom. The quantitative estimate of drug-likeness (QED) is 0.545. The molecule has 1 saturated heterocycles. The zero-order valence-corrected chi connectivity index (χ0v) is 15.8. The number of carboxylic acids is 1. The number of carbonyl (C=O) groups excluding carboxylic acids is 3. The summed E-state index contributed by atoms with van der Waals surface area (Å²) in [5.74, 6) is -2.12. The van der Waals surface area contributed by atoms with E-state index in [1.54, 1.807) is 55.5 Å². The van der Waals surface area contributed by atoms with Crippen LogP contribution < -0.4 is 10.2 Å². The van der Waals surface area contributed by atoms with Gasteiger partial charge in [-0.3, -0.25) is 14.4 Å². The summed E-state index contributed by atoms with van der Waals surface area (Å²) in [6.07, 6.45) is -0.135. The summed E-state index contributed by atoms with van der Waals surface area (Å²) in [7, 11) is 0. The molecule has 29 heavy (non-hydrogen) atoms. The van der Waals surface area contributed by atoms with E-state index in [9.17, 15) is 19.2 Å². The van der Waals surface area contributed by atoms with Crippen molar-refractivity contribution in [2.24, 2.45) is 0 Å². The Morgan fingerprint density at radius 1 is 1.10 bits per heavy atom. The van der Waals surface area contributed by atoms with Crippen LogP contribution in [0.5, 0.6) is 0 Å². The molecule has 1 unspecified atom stereocenters. The summed E-state index contributed by atoms with van der Waals surface area (Å²) in [5.41, 5.74) is 1.98. The molecule has 150 valence electrons. The highest BCUT2D eigenvalue weighted by Crippen LogP contribution is 2.25. The van der Waals surface area contributed by atoms with Crippen LogP contribution in [0, 0.1) is 0 Å². The number of ether oxygens (including phenoxy) is 1. The zero-order valence-electron chi connectivity index (χ0n) is 15.8. The number of hydrogen-bond donors (Lipinski definition) is 2. The molecule has 2 aromatic rings. The van der Waals surface area contributed by atoms with Crippen molar-refractivity contribution < 1.29 is 29.0 Å². The number of nitrogens with one attached hydrogen (secondary N) is 1. The van der Waals surface area contributed by atoms with Gasteiger partial charge in [0.1, 0.15) is 6.04 Å². The summed E-state index contributed by atoms with van der Waals surface area (Å²) >= 11 is 0. The van der Waals surface area contributed by atoms with Crippen LogP contribution >= 0.6 is 0 Å². The third kappa shape index (κ3) is 4.60. The number of nitrogens with zero attached hydrogens (tertiary/aromatic N) is 1. The van der Waals surface area contributed by atoms with Gasteiger partial charge in [0, 0.05) is 5.69 Å². The van der Waals surface area contributed by atoms with E-state index in [1.807, 2.05) is 0 Å². The maximum Gasteiger partial charge on any atom is 0.338 e. The number of benzene rings is 2. The molecule has 2 aromatic carbocycles. The molecule has 0 saturated carbocycles. The van der Waals surface area contributed by atoms with Gasteiger partial charge >= 0.3 is 11.9 Å². The average Bonchev–Trinajstić information content (AvgIpc) is 2.96. The van der Waals surface area contributed by atoms with E-state index in [4.69, 9.17) is 9.84 Å². The first-order valence-corrected chi connectivity index (χ1v) is 9.10. The topological polar surface area (TPSA) is 113 Å². The van der Waals surface area contributed by atoms with Crippen molar-refractivity contribution in [1.82, 2.24) is 0 Å². The molecule has 8 nitrogen and oxygen atoms in total. The fraction of sp³-hybridized carbons (Fsp3) is 0.238. The predicted molar refractivity (Wildman–Crippen MR) is 105 cm³/mol. The number of rotatable bonds is 7. The molecule has 8 heteroatoms. The van der Waals surface area contributed by atoms with Gasteiger partial charge in [-0.15, -0.1) is 0 Å². The van der Waals surface area contributed by atoms with E-state index in [0.717, 1.165) is 4.90 Å². The molecule has 0 aromatic heterocycles. The van der Waals surface area contributed by atoms with Crippen LogP contribution in [0.3, 0.4) is 0 Å². The molecule has 0 spiro atoms. The summed E-state index contributed by atoms with van der Waals surface area (Å²) in [6, 6.07) is 12.0. The summed E-state index contributed by atoms with van der Waals surface area (Å²) < 4.78 is 4.93. The van der Waals surface area contributed by atoms with Crippen LogP contribution in [-0.4, -0.2) is 41.5 Å². The molecular weight excluding hydrogens is 376 g/mol. The van der Waals surface area contributed by atoms with Crippen molar-refractivity contribution in [3.63, 3.8) is 0 Å². The lowest BCUT2D eigenvalue weighted by Crippen LogP contribution is -2.34. The van der Waals surface area contributed by atoms with Crippen LogP contribution in [0.1, 0.15) is 29.3 Å². The lowest BCUT2D eigenvalue weighted by Gasteiger charge is -2.16. The van der Waals surface area contributed by atoms with E-state index in [1.165, 1.54) is 0 Å². The minimum absolute atomic E-state index is 0.00462. The van der Waals surface area contributed by atoms with Gasteiger partial charge in [0.2, 0.25) is 5.91 Å². The number of anilines is 2. The fourth-order valence-electron chi connectivity index (χ4n) is 3.07. The van der Waals surface area contributed by atoms with Crippen LogP contribution in [0.15, 0.2) is 48.5 Å². The molecule has 3 rings (SSSR count). The van der Waals surface area contributed by atoms with E-state index < -0.39 is 23.9 Å². The lowest BCUT2D eigenvalue weighted by molar-refractivity contribution is -0.136. The Morgan fingerprint density at radius 3 is 2.34 bits per heavy atom. The first kappa shape index (κ1) is 20.1. The average molecular weight is 396 g/mol. The van der Waals surface area contributed by atoms with Gasteiger partial charge in [-0.25, -0.2) is 9.69 Å². The number of esters is 1. The SMILES string of the molecule is CCOC(=O)c1ccc(NC2CC(=O)N(c3ccc(CC(=O)O)cc3)C2=O)cc1. The molecule has 0 bridgehead atoms. The minimum atomic E-state index is -0.954. The molecule has 0 radical (unpaired) electrons. The van der Waals surface area contributed by atoms with Crippen LogP contribution in [-0.2, 0) is 25.5 Å². The second kappa shape index (κ2) is 8.55. The van der Waals surface area contributed by atoms with Crippen molar-refractivity contribution >= 4 is 35.1 Å². The summed E-state index contributed by atoms with van der Waals surface area (Å²) in [4.78, 5) is 48.7. The van der Waals surface area contributed by atoms with Crippen molar-refractivity contribution in [2.45, 2.75) is 25.8 Å². The number of carboxylic acid groups (broad SMARTS) is 1. The van der Waals surface area contributed by atoms with Gasteiger partial charge in [-0.05, 0) is 48.9 Å². The lowest BCUT2D eigenvalue weighted by atomic mass is 10.1. The van der Waals surface area contributed by atoms with Crippen molar-refractivity contribution in [3.8, 4) is 0 Å². The van der Waals surface area contributed by atoms with Gasteiger partial charge in [-0.2, -0.15) is 0 Å². The van der Waals surface area contributed by atoms with Crippen LogP contribution in [0.4, 0.5) is 11.4 Å². The first-order chi connectivity index (χ1) is 13.9. The van der Waals surface area contributed by atoms with E-state index in [-0.39, 0.29) is 25.4 Å². The standard InChI is InChI=1S/C21H20N2O6/c1-2-29-21(28)14-5-7-15(8-6-14)22-17-12-18(24)23(20(17)27)16-9-3-13(4-10-16)11-19(25)26/h3-10,17,22H,2,11-12H2,1H3,(H,25,26). The van der Waals surface area contributed by atoms with Gasteiger partial charge in [-0.1, -0.05) is 12.1 Å². The molecule has 1 aliphatic rings. The molecule has 2 amide bonds. The summed E-state index contributed by atoms with van der Waals surface area (Å²) in [5, 5.41) is 11.8. The zero-order chi connectivity index (χ0) is 21.0. The number of amides is 2. The Balaban J connectivity index is 1.69. The van der Waals surface area contributed by atoms with Gasteiger partial charge < -0.3 is 15.2 Å². The number of imide groups is 1. The van der Waals surface area contributed by atoms with E-state index in [2.05, 4.69) is 5.32 Å². The van der Waals surface area contributed by atoms with E-state index in [0.29, 0.717) is 22.5 Å². The molecule has 1 aliphatic heterocycles. The Hall–Kier alpha value is -3.68. The molecule has 0 aliphatic carbocycles. The molecule has 1 heterocycles. The maximum absolute atomic E-state index is 12.7. The third-order valence-electron chi connectivity index (χ3n) is 4.43. The fourth-order valence-corrected chi connectivity index (χ4v) is 3.07. The first-order valence-electron chi connectivity index (χ1n) is 9.10. The second-order valence-electron chi connectivity index (χ2n) is 6.50. The Bertz CT molecular complexity index is 937. The number of hydrogen-bond acceptors (Lipinski definition) is 6. The molecule has 1 fully saturated rings. The van der Waals surface area contributed by atoms with Gasteiger partial charge in [0.25, 0.3) is 5.91 Å².